The van der Waals surface area contributed by atoms with Crippen molar-refractivity contribution in [1.29, 1.82) is 0 Å². The Balaban J connectivity index is 2.83. The van der Waals surface area contributed by atoms with Crippen molar-refractivity contribution < 1.29 is 21.7 Å². The van der Waals surface area contributed by atoms with Crippen molar-refractivity contribution in [1.82, 2.24) is 0 Å². The maximum atomic E-state index is 11.8. The highest BCUT2D eigenvalue weighted by Gasteiger charge is 2.50. The van der Waals surface area contributed by atoms with Crippen molar-refractivity contribution in [3.8, 4) is 0 Å². The van der Waals surface area contributed by atoms with Crippen LogP contribution in [0.1, 0.15) is 46.5 Å². The molecule has 0 aromatic rings. The van der Waals surface area contributed by atoms with Gasteiger partial charge in [0.25, 0.3) is 0 Å². The molecular formula is C12H25N3O5SSi. The minimum absolute atomic E-state index is 0.0878. The van der Waals surface area contributed by atoms with E-state index >= 15 is 0 Å². The van der Waals surface area contributed by atoms with E-state index in [4.69, 9.17) is 18.8 Å². The van der Waals surface area contributed by atoms with Gasteiger partial charge in [0.1, 0.15) is 0 Å². The van der Waals surface area contributed by atoms with Gasteiger partial charge in [-0.1, -0.05) is 0 Å². The molecule has 0 atom stereocenters. The lowest BCUT2D eigenvalue weighted by Gasteiger charge is -2.38. The van der Waals surface area contributed by atoms with Crippen LogP contribution in [0.5, 0.6) is 0 Å². The fourth-order valence-corrected chi connectivity index (χ4v) is 7.22. The highest BCUT2D eigenvalue weighted by molar-refractivity contribution is 7.90. The third kappa shape index (κ3) is 4.67. The monoisotopic (exact) mass is 351 g/mol. The van der Waals surface area contributed by atoms with Crippen LogP contribution >= 0.6 is 0 Å². The Hall–Kier alpha value is -0.643. The molecule has 0 N–H and O–H groups in total. The maximum absolute atomic E-state index is 11.8. The molecule has 0 bridgehead atoms. The zero-order chi connectivity index (χ0) is 16.6. The van der Waals surface area contributed by atoms with Crippen LogP contribution in [0.3, 0.4) is 0 Å². The molecule has 1 aliphatic carbocycles. The zero-order valence-electron chi connectivity index (χ0n) is 13.4. The van der Waals surface area contributed by atoms with E-state index in [0.29, 0.717) is 45.5 Å². The van der Waals surface area contributed by atoms with Gasteiger partial charge in [0.05, 0.1) is 5.25 Å². The molecule has 1 fully saturated rings. The fourth-order valence-electron chi connectivity index (χ4n) is 2.91. The molecule has 0 heterocycles. The van der Waals surface area contributed by atoms with Gasteiger partial charge in [-0.15, -0.1) is 0 Å². The number of hydrogen-bond acceptors (Lipinski definition) is 5. The number of hydrogen-bond donors (Lipinski definition) is 0. The molecule has 10 heteroatoms. The van der Waals surface area contributed by atoms with Crippen LogP contribution in [0.2, 0.25) is 5.54 Å². The van der Waals surface area contributed by atoms with Gasteiger partial charge in [0.15, 0.2) is 0 Å². The second kappa shape index (κ2) is 8.85. The average Bonchev–Trinajstić information content (AvgIpc) is 2.48. The Bertz CT molecular complexity index is 470. The first kappa shape index (κ1) is 19.4. The SMILES string of the molecule is CCO[Si](OCC)(OCC)C1CCC(S(=O)(=O)N=[N+]=[N-])CC1. The summed E-state index contributed by atoms with van der Waals surface area (Å²) in [6.45, 7) is 7.21. The van der Waals surface area contributed by atoms with Crippen molar-refractivity contribution in [2.75, 3.05) is 19.8 Å². The van der Waals surface area contributed by atoms with Crippen LogP contribution in [0.15, 0.2) is 4.52 Å². The zero-order valence-corrected chi connectivity index (χ0v) is 15.2. The summed E-state index contributed by atoms with van der Waals surface area (Å²) in [4.78, 5) is 2.41. The van der Waals surface area contributed by atoms with Crippen LogP contribution in [-0.4, -0.2) is 42.3 Å². The minimum atomic E-state index is -3.74. The first-order valence-corrected chi connectivity index (χ1v) is 11.0. The van der Waals surface area contributed by atoms with Crippen molar-refractivity contribution in [3.05, 3.63) is 10.4 Å². The lowest BCUT2D eigenvalue weighted by Crippen LogP contribution is -2.51. The van der Waals surface area contributed by atoms with Gasteiger partial charge < -0.3 is 13.3 Å². The van der Waals surface area contributed by atoms with Crippen molar-refractivity contribution in [3.63, 3.8) is 0 Å². The van der Waals surface area contributed by atoms with E-state index in [2.05, 4.69) is 9.43 Å². The summed E-state index contributed by atoms with van der Waals surface area (Å²) < 4.78 is 44.2. The van der Waals surface area contributed by atoms with Crippen LogP contribution in [0, 0.1) is 0 Å². The highest BCUT2D eigenvalue weighted by atomic mass is 32.2. The van der Waals surface area contributed by atoms with Crippen LogP contribution < -0.4 is 0 Å². The first-order valence-electron chi connectivity index (χ1n) is 7.67. The molecule has 8 nitrogen and oxygen atoms in total. The molecule has 128 valence electrons. The average molecular weight is 352 g/mol. The third-order valence-electron chi connectivity index (χ3n) is 3.78. The summed E-state index contributed by atoms with van der Waals surface area (Å²) in [5.74, 6) is 0. The van der Waals surface area contributed by atoms with E-state index in [1.54, 1.807) is 0 Å². The number of nitrogens with zero attached hydrogens (tertiary/aromatic N) is 3. The van der Waals surface area contributed by atoms with Crippen molar-refractivity contribution in [2.24, 2.45) is 4.52 Å². The molecule has 0 aliphatic heterocycles. The van der Waals surface area contributed by atoms with E-state index in [9.17, 15) is 8.42 Å². The molecule has 0 spiro atoms. The van der Waals surface area contributed by atoms with E-state index < -0.39 is 24.1 Å². The summed E-state index contributed by atoms with van der Waals surface area (Å²) in [7, 11) is -6.54. The quantitative estimate of drug-likeness (QED) is 0.274. The van der Waals surface area contributed by atoms with Gasteiger partial charge >= 0.3 is 8.80 Å². The summed E-state index contributed by atoms with van der Waals surface area (Å²) in [6, 6.07) is 0. The number of azide groups is 1. The fraction of sp³-hybridized carbons (Fsp3) is 1.00. The molecular weight excluding hydrogens is 326 g/mol. The molecule has 0 amide bonds. The largest absolute Gasteiger partial charge is 0.504 e. The Morgan fingerprint density at radius 2 is 1.50 bits per heavy atom. The van der Waals surface area contributed by atoms with Gasteiger partial charge in [-0.3, -0.25) is 0 Å². The van der Waals surface area contributed by atoms with Crippen LogP contribution in [0.25, 0.3) is 10.4 Å². The Morgan fingerprint density at radius 1 is 1.05 bits per heavy atom. The standard InChI is InChI=1S/C12H25N3O5SSi/c1-4-18-22(19-5-2,20-6-3)12-9-7-11(8-10-12)21(16,17)15-14-13/h11-12H,4-10H2,1-3H3. The summed E-state index contributed by atoms with van der Waals surface area (Å²) >= 11 is 0. The minimum Gasteiger partial charge on any atom is -0.374 e. The smallest absolute Gasteiger partial charge is 0.374 e. The lowest BCUT2D eigenvalue weighted by atomic mass is 9.99. The van der Waals surface area contributed by atoms with Gasteiger partial charge in [0.2, 0.25) is 10.0 Å². The predicted molar refractivity (Wildman–Crippen MR) is 84.7 cm³/mol. The summed E-state index contributed by atoms with van der Waals surface area (Å²) in [6.07, 6.45) is 2.15. The Kier molecular flexibility index (Phi) is 7.81. The van der Waals surface area contributed by atoms with Crippen molar-refractivity contribution >= 4 is 18.8 Å². The van der Waals surface area contributed by atoms with Gasteiger partial charge in [0, 0.05) is 34.8 Å². The van der Waals surface area contributed by atoms with Gasteiger partial charge in [-0.25, -0.2) is 8.42 Å². The molecule has 0 aromatic carbocycles. The molecule has 1 aliphatic rings. The first-order chi connectivity index (χ1) is 10.5. The predicted octanol–water partition coefficient (Wildman–Crippen LogP) is 2.99. The van der Waals surface area contributed by atoms with Gasteiger partial charge in [-0.05, 0) is 52.0 Å². The lowest BCUT2D eigenvalue weighted by molar-refractivity contribution is 0.0562. The second-order valence-corrected chi connectivity index (χ2v) is 9.81. The molecule has 0 aromatic heterocycles. The van der Waals surface area contributed by atoms with Crippen LogP contribution in [0.4, 0.5) is 0 Å². The number of sulfonamides is 1. The second-order valence-electron chi connectivity index (χ2n) is 5.06. The maximum Gasteiger partial charge on any atom is 0.504 e. The number of rotatable bonds is 9. The Labute approximate surface area is 133 Å². The van der Waals surface area contributed by atoms with E-state index in [0.717, 1.165) is 0 Å². The molecule has 0 radical (unpaired) electrons. The van der Waals surface area contributed by atoms with E-state index in [1.807, 2.05) is 20.8 Å². The van der Waals surface area contributed by atoms with Gasteiger partial charge in [-0.2, -0.15) is 0 Å². The molecule has 0 saturated heterocycles. The molecule has 22 heavy (non-hydrogen) atoms. The van der Waals surface area contributed by atoms with Crippen molar-refractivity contribution in [2.45, 2.75) is 57.2 Å². The molecule has 1 saturated carbocycles. The Morgan fingerprint density at radius 3 is 1.86 bits per heavy atom. The van der Waals surface area contributed by atoms with Crippen LogP contribution in [-0.2, 0) is 23.3 Å². The van der Waals surface area contributed by atoms with E-state index in [-0.39, 0.29) is 5.54 Å². The summed E-state index contributed by atoms with van der Waals surface area (Å²) in [5, 5.41) is -0.615. The van der Waals surface area contributed by atoms with E-state index in [1.165, 1.54) is 0 Å². The molecule has 1 rings (SSSR count). The third-order valence-corrected chi connectivity index (χ3v) is 9.05. The highest BCUT2D eigenvalue weighted by Crippen LogP contribution is 2.41. The summed E-state index contributed by atoms with van der Waals surface area (Å²) in [5.41, 5.74) is 8.44. The topological polar surface area (TPSA) is 111 Å². The normalized spacial score (nSPS) is 23.0. The molecule has 0 unspecified atom stereocenters.